The van der Waals surface area contributed by atoms with Gasteiger partial charge in [0.15, 0.2) is 0 Å². The first-order valence-electron chi connectivity index (χ1n) is 5.19. The maximum Gasteiger partial charge on any atom is 0.239 e. The molecule has 1 heterocycles. The third-order valence-electron chi connectivity index (χ3n) is 1.96. The van der Waals surface area contributed by atoms with Crippen molar-refractivity contribution >= 4 is 17.5 Å². The Morgan fingerprint density at radius 3 is 2.94 bits per heavy atom. The van der Waals surface area contributed by atoms with Crippen molar-refractivity contribution in [1.82, 2.24) is 10.3 Å². The van der Waals surface area contributed by atoms with Crippen LogP contribution in [-0.4, -0.2) is 37.7 Å². The van der Waals surface area contributed by atoms with Gasteiger partial charge < -0.3 is 20.8 Å². The fourth-order valence-corrected chi connectivity index (χ4v) is 1.14. The molecule has 7 nitrogen and oxygen atoms in total. The van der Waals surface area contributed by atoms with Gasteiger partial charge in [-0.25, -0.2) is 10.8 Å². The number of amides is 1. The number of aromatic nitrogens is 1. The summed E-state index contributed by atoms with van der Waals surface area (Å²) < 4.78 is 4.82. The lowest BCUT2D eigenvalue weighted by molar-refractivity contribution is -0.119. The normalized spacial score (nSPS) is 9.76. The molecular weight excluding hydrogens is 222 g/mol. The van der Waals surface area contributed by atoms with Gasteiger partial charge in [-0.05, 0) is 12.1 Å². The number of rotatable bonds is 7. The molecule has 0 saturated heterocycles. The van der Waals surface area contributed by atoms with E-state index in [-0.39, 0.29) is 12.5 Å². The van der Waals surface area contributed by atoms with Crippen molar-refractivity contribution in [2.75, 3.05) is 37.5 Å². The van der Waals surface area contributed by atoms with Crippen LogP contribution in [0.25, 0.3) is 0 Å². The van der Waals surface area contributed by atoms with Crippen molar-refractivity contribution in [1.29, 1.82) is 0 Å². The van der Waals surface area contributed by atoms with Gasteiger partial charge in [0.1, 0.15) is 11.6 Å². The quantitative estimate of drug-likeness (QED) is 0.292. The van der Waals surface area contributed by atoms with Crippen LogP contribution in [0.2, 0.25) is 0 Å². The largest absolute Gasteiger partial charge is 0.383 e. The maximum absolute atomic E-state index is 11.3. The highest BCUT2D eigenvalue weighted by atomic mass is 16.5. The Kier molecular flexibility index (Phi) is 5.76. The van der Waals surface area contributed by atoms with Crippen LogP contribution in [-0.2, 0) is 9.53 Å². The zero-order valence-electron chi connectivity index (χ0n) is 9.69. The maximum atomic E-state index is 11.3. The van der Waals surface area contributed by atoms with E-state index in [9.17, 15) is 4.79 Å². The zero-order chi connectivity index (χ0) is 12.5. The van der Waals surface area contributed by atoms with Crippen molar-refractivity contribution in [3.8, 4) is 0 Å². The van der Waals surface area contributed by atoms with Crippen molar-refractivity contribution in [3.05, 3.63) is 18.2 Å². The monoisotopic (exact) mass is 239 g/mol. The van der Waals surface area contributed by atoms with E-state index in [1.54, 1.807) is 25.3 Å². The molecular formula is C10H17N5O2. The van der Waals surface area contributed by atoms with Gasteiger partial charge in [-0.2, -0.15) is 0 Å². The summed E-state index contributed by atoms with van der Waals surface area (Å²) in [5.74, 6) is 6.23. The van der Waals surface area contributed by atoms with Crippen molar-refractivity contribution < 1.29 is 9.53 Å². The van der Waals surface area contributed by atoms with Gasteiger partial charge in [0.25, 0.3) is 0 Å². The number of hydrazine groups is 1. The van der Waals surface area contributed by atoms with Gasteiger partial charge in [0.2, 0.25) is 5.91 Å². The molecule has 0 bridgehead atoms. The average molecular weight is 239 g/mol. The summed E-state index contributed by atoms with van der Waals surface area (Å²) in [5.41, 5.74) is 2.43. The Balaban J connectivity index is 2.31. The Hall–Kier alpha value is -1.86. The van der Waals surface area contributed by atoms with Crippen molar-refractivity contribution in [2.24, 2.45) is 5.84 Å². The van der Waals surface area contributed by atoms with Crippen LogP contribution in [0.4, 0.5) is 11.6 Å². The number of ether oxygens (including phenoxy) is 1. The highest BCUT2D eigenvalue weighted by Gasteiger charge is 2.01. The van der Waals surface area contributed by atoms with Crippen LogP contribution >= 0.6 is 0 Å². The number of nitrogens with zero attached hydrogens (tertiary/aromatic N) is 1. The highest BCUT2D eigenvalue weighted by Crippen LogP contribution is 2.06. The van der Waals surface area contributed by atoms with E-state index in [1.807, 2.05) is 0 Å². The first-order valence-corrected chi connectivity index (χ1v) is 5.19. The van der Waals surface area contributed by atoms with Gasteiger partial charge >= 0.3 is 0 Å². The number of nitrogens with one attached hydrogen (secondary N) is 3. The SMILES string of the molecule is COCCNC(=O)CNc1cccc(NN)n1. The van der Waals surface area contributed by atoms with Crippen LogP contribution in [0.5, 0.6) is 0 Å². The van der Waals surface area contributed by atoms with Gasteiger partial charge in [-0.3, -0.25) is 4.79 Å². The summed E-state index contributed by atoms with van der Waals surface area (Å²) >= 11 is 0. The number of anilines is 2. The summed E-state index contributed by atoms with van der Waals surface area (Å²) in [6.45, 7) is 1.15. The van der Waals surface area contributed by atoms with E-state index in [0.717, 1.165) is 0 Å². The Bertz CT molecular complexity index is 358. The van der Waals surface area contributed by atoms with Crippen LogP contribution in [0.1, 0.15) is 0 Å². The predicted octanol–water partition coefficient (Wildman–Crippen LogP) is -0.458. The van der Waals surface area contributed by atoms with Crippen LogP contribution in [0.15, 0.2) is 18.2 Å². The molecule has 1 aromatic rings. The molecule has 0 aromatic carbocycles. The van der Waals surface area contributed by atoms with Gasteiger partial charge in [-0.1, -0.05) is 6.07 Å². The Morgan fingerprint density at radius 2 is 2.24 bits per heavy atom. The third kappa shape index (κ3) is 5.14. The molecule has 0 saturated carbocycles. The number of carbonyl (C=O) groups excluding carboxylic acids is 1. The first-order chi connectivity index (χ1) is 8.26. The molecule has 0 fully saturated rings. The molecule has 0 atom stereocenters. The molecule has 1 aromatic heterocycles. The van der Waals surface area contributed by atoms with Crippen molar-refractivity contribution in [2.45, 2.75) is 0 Å². The van der Waals surface area contributed by atoms with E-state index >= 15 is 0 Å². The number of nitrogen functional groups attached to an aromatic ring is 1. The molecule has 0 aliphatic carbocycles. The van der Waals surface area contributed by atoms with Gasteiger partial charge in [0, 0.05) is 13.7 Å². The molecule has 94 valence electrons. The molecule has 7 heteroatoms. The minimum Gasteiger partial charge on any atom is -0.383 e. The molecule has 0 radical (unpaired) electrons. The lowest BCUT2D eigenvalue weighted by Crippen LogP contribution is -2.32. The summed E-state index contributed by atoms with van der Waals surface area (Å²) in [5, 5.41) is 5.57. The van der Waals surface area contributed by atoms with Crippen LogP contribution in [0, 0.1) is 0 Å². The fraction of sp³-hybridized carbons (Fsp3) is 0.400. The minimum absolute atomic E-state index is 0.116. The molecule has 1 amide bonds. The number of carbonyl (C=O) groups is 1. The lowest BCUT2D eigenvalue weighted by atomic mass is 10.4. The number of pyridine rings is 1. The van der Waals surface area contributed by atoms with E-state index in [4.69, 9.17) is 10.6 Å². The zero-order valence-corrected chi connectivity index (χ0v) is 9.69. The fourth-order valence-electron chi connectivity index (χ4n) is 1.14. The number of methoxy groups -OCH3 is 1. The highest BCUT2D eigenvalue weighted by molar-refractivity contribution is 5.80. The van der Waals surface area contributed by atoms with E-state index in [2.05, 4.69) is 21.0 Å². The third-order valence-corrected chi connectivity index (χ3v) is 1.96. The molecule has 1 rings (SSSR count). The second-order valence-electron chi connectivity index (χ2n) is 3.25. The Morgan fingerprint density at radius 1 is 1.47 bits per heavy atom. The number of nitrogens with two attached hydrogens (primary N) is 1. The van der Waals surface area contributed by atoms with E-state index < -0.39 is 0 Å². The van der Waals surface area contributed by atoms with Gasteiger partial charge in [0.05, 0.1) is 13.2 Å². The van der Waals surface area contributed by atoms with E-state index in [1.165, 1.54) is 0 Å². The molecule has 0 spiro atoms. The van der Waals surface area contributed by atoms with Gasteiger partial charge in [-0.15, -0.1) is 0 Å². The topological polar surface area (TPSA) is 101 Å². The molecule has 0 aliphatic rings. The smallest absolute Gasteiger partial charge is 0.239 e. The number of hydrogen-bond donors (Lipinski definition) is 4. The standard InChI is InChI=1S/C10H17N5O2/c1-17-6-5-12-10(16)7-13-8-3-2-4-9(14-8)15-11/h2-4H,5-7,11H2,1H3,(H,12,16)(H2,13,14,15). The Labute approximate surface area is 99.7 Å². The molecule has 5 N–H and O–H groups in total. The van der Waals surface area contributed by atoms with Crippen molar-refractivity contribution in [3.63, 3.8) is 0 Å². The molecule has 0 aliphatic heterocycles. The second-order valence-corrected chi connectivity index (χ2v) is 3.25. The summed E-state index contributed by atoms with van der Waals surface area (Å²) in [6, 6.07) is 5.26. The lowest BCUT2D eigenvalue weighted by Gasteiger charge is -2.07. The first kappa shape index (κ1) is 13.2. The molecule has 0 unspecified atom stereocenters. The summed E-state index contributed by atoms with van der Waals surface area (Å²) in [7, 11) is 1.58. The van der Waals surface area contributed by atoms with Crippen LogP contribution in [0.3, 0.4) is 0 Å². The number of hydrogen-bond acceptors (Lipinski definition) is 6. The minimum atomic E-state index is -0.116. The summed E-state index contributed by atoms with van der Waals surface area (Å²) in [6.07, 6.45) is 0. The molecule has 17 heavy (non-hydrogen) atoms. The predicted molar refractivity (Wildman–Crippen MR) is 65.4 cm³/mol. The van der Waals surface area contributed by atoms with Crippen LogP contribution < -0.4 is 21.9 Å². The second kappa shape index (κ2) is 7.42. The summed E-state index contributed by atoms with van der Waals surface area (Å²) in [4.78, 5) is 15.5. The average Bonchev–Trinajstić information content (AvgIpc) is 2.37. The van der Waals surface area contributed by atoms with E-state index in [0.29, 0.717) is 24.8 Å².